The second-order valence-corrected chi connectivity index (χ2v) is 18.7. The van der Waals surface area contributed by atoms with E-state index in [2.05, 4.69) is 51.7 Å². The number of hydrogen-bond donors (Lipinski definition) is 0. The van der Waals surface area contributed by atoms with Gasteiger partial charge in [-0.3, -0.25) is 4.90 Å². The summed E-state index contributed by atoms with van der Waals surface area (Å²) in [5, 5.41) is 9.09. The van der Waals surface area contributed by atoms with Crippen LogP contribution in [0.1, 0.15) is 43.7 Å². The van der Waals surface area contributed by atoms with E-state index in [1.54, 1.807) is 12.1 Å². The van der Waals surface area contributed by atoms with E-state index in [0.29, 0.717) is 64.0 Å². The Morgan fingerprint density at radius 3 is 1.39 bits per heavy atom. The summed E-state index contributed by atoms with van der Waals surface area (Å²) in [6.45, 7) is 14.2. The molecule has 5 rings (SSSR count). The summed E-state index contributed by atoms with van der Waals surface area (Å²) in [7, 11) is -1.95. The van der Waals surface area contributed by atoms with Gasteiger partial charge >= 0.3 is 5.97 Å². The molecule has 0 amide bonds. The van der Waals surface area contributed by atoms with Crippen LogP contribution in [0, 0.1) is 35.0 Å². The number of benzene rings is 4. The van der Waals surface area contributed by atoms with E-state index in [9.17, 15) is 4.79 Å². The number of carbonyl (C=O) groups excluding carboxylic acids is 1. The van der Waals surface area contributed by atoms with Gasteiger partial charge in [-0.25, -0.2) is 4.79 Å². The Bertz CT molecular complexity index is 1960. The minimum atomic E-state index is -1.95. The second kappa shape index (κ2) is 22.4. The highest BCUT2D eigenvalue weighted by atomic mass is 28.4. The maximum absolute atomic E-state index is 12.3. The van der Waals surface area contributed by atoms with Crippen LogP contribution in [0.25, 0.3) is 0 Å². The van der Waals surface area contributed by atoms with E-state index >= 15 is 0 Å². The molecule has 4 aromatic rings. The average molecular weight is 770 g/mol. The monoisotopic (exact) mass is 769 g/mol. The third kappa shape index (κ3) is 15.1. The van der Waals surface area contributed by atoms with Gasteiger partial charge in [0, 0.05) is 60.7 Å². The molecule has 1 aliphatic rings. The summed E-state index contributed by atoms with van der Waals surface area (Å²) in [6.07, 6.45) is 0. The molecule has 0 spiro atoms. The number of hydrogen-bond acceptors (Lipinski definition) is 9. The van der Waals surface area contributed by atoms with E-state index in [-0.39, 0.29) is 5.97 Å². The van der Waals surface area contributed by atoms with E-state index in [1.165, 1.54) is 0 Å². The van der Waals surface area contributed by atoms with Crippen LogP contribution in [0.2, 0.25) is 19.6 Å². The first-order chi connectivity index (χ1) is 27.2. The van der Waals surface area contributed by atoms with Gasteiger partial charge in [-0.1, -0.05) is 35.8 Å². The molecule has 0 radical (unpaired) electrons. The molecule has 4 aromatic carbocycles. The van der Waals surface area contributed by atoms with Gasteiger partial charge in [0.25, 0.3) is 0 Å². The molecule has 1 fully saturated rings. The molecule has 0 bridgehead atoms. The van der Waals surface area contributed by atoms with Crippen LogP contribution in [0.4, 0.5) is 5.69 Å². The summed E-state index contributed by atoms with van der Waals surface area (Å²) in [5.41, 5.74) is 6.97. The first-order valence-electron chi connectivity index (χ1n) is 19.1. The van der Waals surface area contributed by atoms with Crippen molar-refractivity contribution in [3.05, 3.63) is 136 Å². The summed E-state index contributed by atoms with van der Waals surface area (Å²) >= 11 is 0. The Labute approximate surface area is 333 Å². The highest BCUT2D eigenvalue weighted by molar-refractivity contribution is 6.71. The number of anilines is 1. The second-order valence-electron chi connectivity index (χ2n) is 14.2. The standard InChI is InChI=1S/C46H51N3O6Si/c1-56(2,3)55-46(50)44-20-16-40(17-21-44)10-8-38-4-6-39(7-5-38)9-11-41-18-22-45(23-19-41)49-26-30-53-34-32-51-28-24-48(25-29-52-33-35-54-31-27-49)37-43-14-12-42(36-47)13-15-43/h4-7,12-23H,24-35,37H2,1-3H3. The molecule has 56 heavy (non-hydrogen) atoms. The van der Waals surface area contributed by atoms with Gasteiger partial charge in [0.05, 0.1) is 70.1 Å². The maximum atomic E-state index is 12.3. The lowest BCUT2D eigenvalue weighted by Crippen LogP contribution is -2.33. The minimum absolute atomic E-state index is 0.284. The van der Waals surface area contributed by atoms with Crippen molar-refractivity contribution in [2.45, 2.75) is 26.2 Å². The third-order valence-corrected chi connectivity index (χ3v) is 9.48. The fraction of sp³-hybridized carbons (Fsp3) is 0.348. The van der Waals surface area contributed by atoms with Crippen molar-refractivity contribution < 1.29 is 28.2 Å². The SMILES string of the molecule is C[Si](C)(C)OC(=O)c1ccc(C#Cc2ccc(C#Cc3ccc(N4CCOCCOCCN(Cc5ccc(C#N)cc5)CCOCCOCC4)cc3)cc2)cc1. The van der Waals surface area contributed by atoms with Crippen molar-refractivity contribution in [3.8, 4) is 29.8 Å². The van der Waals surface area contributed by atoms with Gasteiger partial charge in [0.15, 0.2) is 0 Å². The molecule has 1 heterocycles. The van der Waals surface area contributed by atoms with Gasteiger partial charge in [-0.05, 0) is 110 Å². The van der Waals surface area contributed by atoms with E-state index in [4.69, 9.17) is 28.6 Å². The number of nitrogens with zero attached hydrogens (tertiary/aromatic N) is 3. The van der Waals surface area contributed by atoms with Crippen molar-refractivity contribution in [2.75, 3.05) is 83.9 Å². The molecule has 290 valence electrons. The number of rotatable bonds is 5. The van der Waals surface area contributed by atoms with Crippen LogP contribution in [0.5, 0.6) is 0 Å². The maximum Gasteiger partial charge on any atom is 0.324 e. The molecule has 1 aliphatic heterocycles. The van der Waals surface area contributed by atoms with Crippen molar-refractivity contribution in [3.63, 3.8) is 0 Å². The van der Waals surface area contributed by atoms with Gasteiger partial charge in [0.2, 0.25) is 8.32 Å². The molecule has 0 N–H and O–H groups in total. The van der Waals surface area contributed by atoms with Crippen LogP contribution in [0.3, 0.4) is 0 Å². The summed E-state index contributed by atoms with van der Waals surface area (Å²) < 4.78 is 29.3. The fourth-order valence-corrected chi connectivity index (χ4v) is 6.35. The first kappa shape index (κ1) is 41.9. The van der Waals surface area contributed by atoms with Crippen LogP contribution in [0.15, 0.2) is 97.1 Å². The zero-order chi connectivity index (χ0) is 39.4. The first-order valence-corrected chi connectivity index (χ1v) is 22.5. The van der Waals surface area contributed by atoms with Crippen molar-refractivity contribution in [2.24, 2.45) is 0 Å². The summed E-state index contributed by atoms with van der Waals surface area (Å²) in [6, 6.07) is 33.2. The predicted octanol–water partition coefficient (Wildman–Crippen LogP) is 6.74. The van der Waals surface area contributed by atoms with Gasteiger partial charge in [-0.2, -0.15) is 5.26 Å². The largest absolute Gasteiger partial charge is 0.516 e. The molecular weight excluding hydrogens is 719 g/mol. The van der Waals surface area contributed by atoms with Crippen molar-refractivity contribution >= 4 is 20.0 Å². The Kier molecular flexibility index (Phi) is 16.7. The summed E-state index contributed by atoms with van der Waals surface area (Å²) in [5.74, 6) is 12.6. The van der Waals surface area contributed by atoms with Crippen molar-refractivity contribution in [1.29, 1.82) is 5.26 Å². The normalized spacial score (nSPS) is 15.4. The van der Waals surface area contributed by atoms with E-state index < -0.39 is 8.32 Å². The molecular formula is C46H51N3O6Si. The zero-order valence-corrected chi connectivity index (χ0v) is 33.7. The fourth-order valence-electron chi connectivity index (χ4n) is 5.67. The third-order valence-electron chi connectivity index (χ3n) is 8.69. The molecule has 0 aliphatic carbocycles. The predicted molar refractivity (Wildman–Crippen MR) is 222 cm³/mol. The molecule has 0 atom stereocenters. The van der Waals surface area contributed by atoms with Gasteiger partial charge in [-0.15, -0.1) is 0 Å². The molecule has 9 nitrogen and oxygen atoms in total. The zero-order valence-electron chi connectivity index (χ0n) is 32.7. The molecule has 10 heteroatoms. The summed E-state index contributed by atoms with van der Waals surface area (Å²) in [4.78, 5) is 16.9. The smallest absolute Gasteiger partial charge is 0.324 e. The van der Waals surface area contributed by atoms with Gasteiger partial charge in [0.1, 0.15) is 0 Å². The highest BCUT2D eigenvalue weighted by Crippen LogP contribution is 2.16. The van der Waals surface area contributed by atoms with E-state index in [1.807, 2.05) is 92.4 Å². The van der Waals surface area contributed by atoms with Crippen LogP contribution >= 0.6 is 0 Å². The Morgan fingerprint density at radius 2 is 0.964 bits per heavy atom. The molecule has 1 saturated heterocycles. The highest BCUT2D eigenvalue weighted by Gasteiger charge is 2.20. The number of ether oxygens (including phenoxy) is 4. The number of carbonyl (C=O) groups is 1. The van der Waals surface area contributed by atoms with Crippen LogP contribution in [-0.4, -0.2) is 98.2 Å². The topological polar surface area (TPSA) is 93.5 Å². The van der Waals surface area contributed by atoms with Crippen LogP contribution < -0.4 is 4.90 Å². The Balaban J connectivity index is 1.09. The Hall–Kier alpha value is -5.22. The Morgan fingerprint density at radius 1 is 0.571 bits per heavy atom. The number of nitriles is 1. The quantitative estimate of drug-likeness (QED) is 0.162. The van der Waals surface area contributed by atoms with E-state index in [0.717, 1.165) is 66.2 Å². The average Bonchev–Trinajstić information content (AvgIpc) is 3.20. The molecule has 0 saturated carbocycles. The lowest BCUT2D eigenvalue weighted by molar-refractivity contribution is 0.0211. The molecule has 0 aromatic heterocycles. The minimum Gasteiger partial charge on any atom is -0.516 e. The lowest BCUT2D eigenvalue weighted by atomic mass is 10.1. The van der Waals surface area contributed by atoms with Crippen LogP contribution in [-0.2, 0) is 29.9 Å². The lowest BCUT2D eigenvalue weighted by Gasteiger charge is -2.25. The molecule has 0 unspecified atom stereocenters. The van der Waals surface area contributed by atoms with Crippen molar-refractivity contribution in [1.82, 2.24) is 4.90 Å². The van der Waals surface area contributed by atoms with Gasteiger partial charge < -0.3 is 28.3 Å².